The number of nitrogens with zero attached hydrogens (tertiary/aromatic N) is 2. The molecule has 0 aliphatic rings. The molecule has 0 saturated carbocycles. The van der Waals surface area contributed by atoms with Crippen molar-refractivity contribution in [2.75, 3.05) is 6.61 Å². The van der Waals surface area contributed by atoms with Crippen molar-refractivity contribution in [3.63, 3.8) is 0 Å². The van der Waals surface area contributed by atoms with Gasteiger partial charge in [0.1, 0.15) is 16.8 Å². The van der Waals surface area contributed by atoms with E-state index in [4.69, 9.17) is 4.74 Å². The van der Waals surface area contributed by atoms with Gasteiger partial charge in [0.25, 0.3) is 0 Å². The summed E-state index contributed by atoms with van der Waals surface area (Å²) in [4.78, 5) is 0. The smallest absolute Gasteiger partial charge is 0.139 e. The summed E-state index contributed by atoms with van der Waals surface area (Å²) in [5, 5.41) is 0. The molecule has 140 valence electrons. The van der Waals surface area contributed by atoms with Gasteiger partial charge in [-0.25, -0.2) is 0 Å². The lowest BCUT2D eigenvalue weighted by atomic mass is 10.1. The van der Waals surface area contributed by atoms with Gasteiger partial charge in [0, 0.05) is 5.56 Å². The van der Waals surface area contributed by atoms with Gasteiger partial charge in [-0.3, -0.25) is 0 Å². The molecule has 6 heteroatoms. The Morgan fingerprint density at radius 1 is 0.800 bits per heavy atom. The third-order valence-corrected chi connectivity index (χ3v) is 6.75. The minimum atomic E-state index is 0.755. The van der Waals surface area contributed by atoms with Crippen LogP contribution in [-0.2, 0) is 0 Å². The molecular weight excluding hydrogens is 464 g/mol. The Morgan fingerprint density at radius 3 is 1.92 bits per heavy atom. The number of unbranched alkanes of at least 4 members (excludes halogenated alkanes) is 9. The molecule has 0 spiro atoms. The summed E-state index contributed by atoms with van der Waals surface area (Å²) in [6.07, 6.45) is 13.4. The van der Waals surface area contributed by atoms with Gasteiger partial charge in [0.15, 0.2) is 0 Å². The summed E-state index contributed by atoms with van der Waals surface area (Å²) >= 11 is 8.48. The first-order chi connectivity index (χ1) is 12.2. The fourth-order valence-electron chi connectivity index (χ4n) is 2.96. The first-order valence-electron chi connectivity index (χ1n) is 9.39. The number of hydrogen-bond acceptors (Lipinski definition) is 4. The molecule has 1 heterocycles. The van der Waals surface area contributed by atoms with E-state index in [1.54, 1.807) is 0 Å². The normalized spacial score (nSPS) is 11.4. The van der Waals surface area contributed by atoms with Crippen molar-refractivity contribution in [1.29, 1.82) is 0 Å². The monoisotopic (exact) mass is 490 g/mol. The highest BCUT2D eigenvalue weighted by molar-refractivity contribution is 9.11. The molecule has 0 N–H and O–H groups in total. The van der Waals surface area contributed by atoms with Gasteiger partial charge >= 0.3 is 0 Å². The Labute approximate surface area is 172 Å². The predicted octanol–water partition coefficient (Wildman–Crippen LogP) is 7.82. The lowest BCUT2D eigenvalue weighted by Gasteiger charge is -2.13. The van der Waals surface area contributed by atoms with Crippen LogP contribution in [0, 0.1) is 6.92 Å². The van der Waals surface area contributed by atoms with E-state index in [1.165, 1.54) is 69.5 Å². The van der Waals surface area contributed by atoms with Crippen molar-refractivity contribution >= 4 is 54.6 Å². The highest BCUT2D eigenvalue weighted by Gasteiger charge is 2.18. The third kappa shape index (κ3) is 6.17. The molecule has 0 fully saturated rings. The van der Waals surface area contributed by atoms with E-state index in [0.717, 1.165) is 44.3 Å². The van der Waals surface area contributed by atoms with Gasteiger partial charge in [-0.15, -0.1) is 0 Å². The molecule has 0 atom stereocenters. The number of benzene rings is 1. The lowest BCUT2D eigenvalue weighted by molar-refractivity contribution is 0.301. The summed E-state index contributed by atoms with van der Waals surface area (Å²) < 4.78 is 16.7. The quantitative estimate of drug-likeness (QED) is 0.284. The molecule has 1 aromatic heterocycles. The van der Waals surface area contributed by atoms with Crippen LogP contribution < -0.4 is 4.74 Å². The molecule has 2 rings (SSSR count). The van der Waals surface area contributed by atoms with Crippen LogP contribution in [0.3, 0.4) is 0 Å². The molecular formula is C19H28Br2N2OS. The van der Waals surface area contributed by atoms with Crippen LogP contribution in [0.5, 0.6) is 5.75 Å². The first-order valence-corrected chi connectivity index (χ1v) is 11.7. The largest absolute Gasteiger partial charge is 0.492 e. The predicted molar refractivity (Wildman–Crippen MR) is 115 cm³/mol. The highest BCUT2D eigenvalue weighted by atomic mass is 79.9. The molecule has 0 aliphatic heterocycles. The van der Waals surface area contributed by atoms with Crippen molar-refractivity contribution in [1.82, 2.24) is 8.75 Å². The number of aromatic nitrogens is 2. The van der Waals surface area contributed by atoms with Crippen LogP contribution in [0.4, 0.5) is 0 Å². The van der Waals surface area contributed by atoms with Crippen molar-refractivity contribution in [2.45, 2.75) is 78.1 Å². The summed E-state index contributed by atoms with van der Waals surface area (Å²) in [5.41, 5.74) is 2.86. The molecule has 1 aromatic carbocycles. The summed E-state index contributed by atoms with van der Waals surface area (Å²) in [6.45, 7) is 5.08. The standard InChI is InChI=1S/C19H28Br2N2OS/c1-3-4-5-6-7-8-9-10-11-12-13-24-19-14(2)15(20)17-18(16(19)21)23-25-22-17/h3-13H2,1-2H3. The van der Waals surface area contributed by atoms with Gasteiger partial charge in [-0.2, -0.15) is 8.75 Å². The Bertz CT molecular complexity index is 660. The number of fused-ring (bicyclic) bond motifs is 1. The molecule has 0 radical (unpaired) electrons. The SMILES string of the molecule is CCCCCCCCCCCCOc1c(C)c(Br)c2nsnc2c1Br. The lowest BCUT2D eigenvalue weighted by Crippen LogP contribution is -2.01. The van der Waals surface area contributed by atoms with E-state index in [1.807, 2.05) is 0 Å². The van der Waals surface area contributed by atoms with Crippen LogP contribution in [0.15, 0.2) is 8.95 Å². The van der Waals surface area contributed by atoms with E-state index in [9.17, 15) is 0 Å². The average Bonchev–Trinajstić information content (AvgIpc) is 3.10. The van der Waals surface area contributed by atoms with Crippen molar-refractivity contribution in [3.8, 4) is 5.75 Å². The molecule has 0 amide bonds. The van der Waals surface area contributed by atoms with Crippen molar-refractivity contribution in [2.24, 2.45) is 0 Å². The average molecular weight is 492 g/mol. The molecule has 0 bridgehead atoms. The molecule has 2 aromatic rings. The molecule has 0 saturated heterocycles. The third-order valence-electron chi connectivity index (χ3n) is 4.52. The van der Waals surface area contributed by atoms with Gasteiger partial charge in [-0.1, -0.05) is 64.7 Å². The Morgan fingerprint density at radius 2 is 1.32 bits per heavy atom. The summed E-state index contributed by atoms with van der Waals surface area (Å²) in [7, 11) is 0. The second-order valence-corrected chi connectivity index (χ2v) is 8.69. The minimum Gasteiger partial charge on any atom is -0.492 e. The number of hydrogen-bond donors (Lipinski definition) is 0. The Balaban J connectivity index is 1.66. The van der Waals surface area contributed by atoms with Crippen LogP contribution in [0.1, 0.15) is 76.7 Å². The zero-order valence-electron chi connectivity index (χ0n) is 15.2. The van der Waals surface area contributed by atoms with Gasteiger partial charge in [0.05, 0.1) is 27.3 Å². The van der Waals surface area contributed by atoms with Crippen molar-refractivity contribution < 1.29 is 4.74 Å². The second kappa shape index (κ2) is 11.5. The first kappa shape index (κ1) is 21.1. The number of halogens is 2. The Kier molecular flexibility index (Phi) is 9.71. The van der Waals surface area contributed by atoms with Gasteiger partial charge in [-0.05, 0) is 45.2 Å². The van der Waals surface area contributed by atoms with E-state index in [-0.39, 0.29) is 0 Å². The van der Waals surface area contributed by atoms with E-state index >= 15 is 0 Å². The molecule has 0 aliphatic carbocycles. The fraction of sp³-hybridized carbons (Fsp3) is 0.684. The maximum atomic E-state index is 6.06. The van der Waals surface area contributed by atoms with Crippen LogP contribution in [0.25, 0.3) is 11.0 Å². The van der Waals surface area contributed by atoms with Crippen LogP contribution in [-0.4, -0.2) is 15.4 Å². The van der Waals surface area contributed by atoms with E-state index in [2.05, 4.69) is 54.5 Å². The Hall–Kier alpha value is -0.200. The second-order valence-electron chi connectivity index (χ2n) is 6.57. The number of rotatable bonds is 12. The van der Waals surface area contributed by atoms with Gasteiger partial charge < -0.3 is 4.74 Å². The summed E-state index contributed by atoms with van der Waals surface area (Å²) in [5.74, 6) is 0.892. The van der Waals surface area contributed by atoms with Crippen LogP contribution in [0.2, 0.25) is 0 Å². The maximum absolute atomic E-state index is 6.06. The highest BCUT2D eigenvalue weighted by Crippen LogP contribution is 2.41. The summed E-state index contributed by atoms with van der Waals surface area (Å²) in [6, 6.07) is 0. The van der Waals surface area contributed by atoms with E-state index < -0.39 is 0 Å². The fourth-order valence-corrected chi connectivity index (χ4v) is 4.90. The zero-order valence-corrected chi connectivity index (χ0v) is 19.2. The topological polar surface area (TPSA) is 35.0 Å². The molecule has 0 unspecified atom stereocenters. The zero-order chi connectivity index (χ0) is 18.1. The van der Waals surface area contributed by atoms with Gasteiger partial charge in [0.2, 0.25) is 0 Å². The van der Waals surface area contributed by atoms with Crippen LogP contribution >= 0.6 is 43.6 Å². The maximum Gasteiger partial charge on any atom is 0.139 e. The van der Waals surface area contributed by atoms with E-state index in [0.29, 0.717) is 0 Å². The minimum absolute atomic E-state index is 0.755. The molecule has 3 nitrogen and oxygen atoms in total. The molecule has 25 heavy (non-hydrogen) atoms. The number of ether oxygens (including phenoxy) is 1. The van der Waals surface area contributed by atoms with Crippen molar-refractivity contribution in [3.05, 3.63) is 14.5 Å².